The fraction of sp³-hybridized carbons (Fsp3) is 0.300. The number of amides is 2. The third-order valence-corrected chi connectivity index (χ3v) is 9.10. The number of nitrogens with zero attached hydrogens (tertiary/aromatic N) is 4. The van der Waals surface area contributed by atoms with Crippen molar-refractivity contribution in [2.24, 2.45) is 0 Å². The van der Waals surface area contributed by atoms with E-state index >= 15 is 4.39 Å². The number of ether oxygens (including phenoxy) is 2. The molecular formula is C30H29F3N6O6S2. The number of aromatic nitrogens is 3. The van der Waals surface area contributed by atoms with E-state index < -0.39 is 61.7 Å². The van der Waals surface area contributed by atoms with E-state index in [9.17, 15) is 26.8 Å². The summed E-state index contributed by atoms with van der Waals surface area (Å²) >= 11 is 1.07. The highest BCUT2D eigenvalue weighted by molar-refractivity contribution is 7.92. The highest BCUT2D eigenvalue weighted by Crippen LogP contribution is 2.42. The Balaban J connectivity index is 1.62. The Morgan fingerprint density at radius 1 is 1.11 bits per heavy atom. The van der Waals surface area contributed by atoms with Gasteiger partial charge in [0.15, 0.2) is 5.82 Å². The second-order valence-corrected chi connectivity index (χ2v) is 14.0. The highest BCUT2D eigenvalue weighted by atomic mass is 32.2. The van der Waals surface area contributed by atoms with Crippen molar-refractivity contribution in [3.05, 3.63) is 71.1 Å². The molecule has 0 radical (unpaired) electrons. The summed E-state index contributed by atoms with van der Waals surface area (Å²) in [5, 5.41) is 2.81. The summed E-state index contributed by atoms with van der Waals surface area (Å²) in [6.07, 6.45) is 0.772. The van der Waals surface area contributed by atoms with Crippen LogP contribution in [0.25, 0.3) is 21.8 Å². The Morgan fingerprint density at radius 3 is 2.60 bits per heavy atom. The fourth-order valence-electron chi connectivity index (χ4n) is 4.56. The third-order valence-electron chi connectivity index (χ3n) is 6.54. The van der Waals surface area contributed by atoms with Gasteiger partial charge in [-0.2, -0.15) is 0 Å². The van der Waals surface area contributed by atoms with Crippen molar-refractivity contribution in [2.75, 3.05) is 29.8 Å². The van der Waals surface area contributed by atoms with Crippen LogP contribution in [-0.2, 0) is 24.3 Å². The minimum atomic E-state index is -4.77. The number of hydrogen-bond donors (Lipinski definition) is 2. The lowest BCUT2D eigenvalue weighted by molar-refractivity contribution is -0.114. The van der Waals surface area contributed by atoms with E-state index in [2.05, 4.69) is 15.3 Å². The minimum absolute atomic E-state index is 0.0164. The Morgan fingerprint density at radius 2 is 1.87 bits per heavy atom. The Bertz CT molecular complexity index is 1950. The van der Waals surface area contributed by atoms with Crippen molar-refractivity contribution in [3.8, 4) is 21.8 Å². The van der Waals surface area contributed by atoms with Crippen LogP contribution in [-0.4, -0.2) is 65.6 Å². The van der Waals surface area contributed by atoms with Crippen LogP contribution >= 0.6 is 11.3 Å². The van der Waals surface area contributed by atoms with E-state index in [0.29, 0.717) is 22.0 Å². The zero-order chi connectivity index (χ0) is 34.1. The van der Waals surface area contributed by atoms with E-state index in [1.165, 1.54) is 36.2 Å². The molecule has 12 nitrogen and oxygen atoms in total. The lowest BCUT2D eigenvalue weighted by Gasteiger charge is -2.35. The minimum Gasteiger partial charge on any atom is -0.444 e. The number of thiazole rings is 1. The van der Waals surface area contributed by atoms with Crippen LogP contribution in [0, 0.1) is 17.5 Å². The van der Waals surface area contributed by atoms with Gasteiger partial charge in [0.05, 0.1) is 35.2 Å². The van der Waals surface area contributed by atoms with Gasteiger partial charge in [0.25, 0.3) is 10.0 Å². The van der Waals surface area contributed by atoms with E-state index in [4.69, 9.17) is 14.5 Å². The molecule has 3 heterocycles. The molecule has 1 aliphatic heterocycles. The summed E-state index contributed by atoms with van der Waals surface area (Å²) in [4.78, 5) is 38.7. The molecule has 0 aliphatic carbocycles. The first-order chi connectivity index (χ1) is 22.1. The highest BCUT2D eigenvalue weighted by Gasteiger charge is 2.35. The van der Waals surface area contributed by atoms with Crippen molar-refractivity contribution < 1.29 is 40.7 Å². The molecule has 2 aromatic carbocycles. The number of halogens is 3. The Kier molecular flexibility index (Phi) is 9.51. The van der Waals surface area contributed by atoms with Crippen molar-refractivity contribution in [3.63, 3.8) is 0 Å². The zero-order valence-corrected chi connectivity index (χ0v) is 27.1. The number of morpholine rings is 1. The SMILES string of the molecule is CC(=O)Nc1nccc(-c2sc(C3COCCN3C(=O)OC(C)(C)C)nc2-c2cccc(NS(=O)(=O)c3cc(F)ccc3F)c2F)n1. The molecule has 1 fully saturated rings. The summed E-state index contributed by atoms with van der Waals surface area (Å²) in [7, 11) is -4.77. The quantitative estimate of drug-likeness (QED) is 0.247. The number of hydrogen-bond acceptors (Lipinski definition) is 10. The average Bonchev–Trinajstić information content (AvgIpc) is 3.43. The van der Waals surface area contributed by atoms with Gasteiger partial charge < -0.3 is 9.47 Å². The summed E-state index contributed by atoms with van der Waals surface area (Å²) in [5.41, 5.74) is -1.28. The first-order valence-corrected chi connectivity index (χ1v) is 16.4. The molecule has 0 spiro atoms. The fourth-order valence-corrected chi connectivity index (χ4v) is 6.86. The largest absolute Gasteiger partial charge is 0.444 e. The average molecular weight is 691 g/mol. The van der Waals surface area contributed by atoms with E-state index in [1.807, 2.05) is 4.72 Å². The van der Waals surface area contributed by atoms with Crippen LogP contribution in [0.2, 0.25) is 0 Å². The number of sulfonamides is 1. The van der Waals surface area contributed by atoms with E-state index in [0.717, 1.165) is 23.5 Å². The second-order valence-electron chi connectivity index (χ2n) is 11.3. The molecule has 0 bridgehead atoms. The van der Waals surface area contributed by atoms with Crippen LogP contribution in [0.3, 0.4) is 0 Å². The molecule has 1 unspecified atom stereocenters. The van der Waals surface area contributed by atoms with Crippen molar-refractivity contribution >= 4 is 45.0 Å². The van der Waals surface area contributed by atoms with E-state index in [1.54, 1.807) is 20.8 Å². The van der Waals surface area contributed by atoms with Crippen LogP contribution in [0.15, 0.2) is 53.6 Å². The van der Waals surface area contributed by atoms with Gasteiger partial charge in [-0.3, -0.25) is 19.7 Å². The molecule has 2 N–H and O–H groups in total. The van der Waals surface area contributed by atoms with Crippen molar-refractivity contribution in [2.45, 2.75) is 44.2 Å². The summed E-state index contributed by atoms with van der Waals surface area (Å²) in [5.74, 6) is -3.78. The maximum atomic E-state index is 16.2. The molecular weight excluding hydrogens is 661 g/mol. The van der Waals surface area contributed by atoms with Gasteiger partial charge in [0.2, 0.25) is 11.9 Å². The first-order valence-electron chi connectivity index (χ1n) is 14.1. The molecule has 2 aromatic heterocycles. The monoisotopic (exact) mass is 690 g/mol. The Hall–Kier alpha value is -4.61. The summed E-state index contributed by atoms with van der Waals surface area (Å²) < 4.78 is 83.6. The third kappa shape index (κ3) is 7.69. The van der Waals surface area contributed by atoms with Crippen molar-refractivity contribution in [1.29, 1.82) is 0 Å². The van der Waals surface area contributed by atoms with Gasteiger partial charge >= 0.3 is 6.09 Å². The standard InChI is InChI=1S/C30H29F3N6O6S2/c1-16(40)35-28-34-11-10-21(36-28)26-25(37-27(46-26)22-15-44-13-12-39(22)29(41)45-30(2,3)4)18-6-5-7-20(24(18)33)38-47(42,43)23-14-17(31)8-9-19(23)32/h5-11,14,22,38H,12-13,15H2,1-4H3,(H,34,35,36,40). The van der Waals surface area contributed by atoms with Crippen molar-refractivity contribution in [1.82, 2.24) is 19.9 Å². The van der Waals surface area contributed by atoms with Crippen LogP contribution in [0.4, 0.5) is 29.6 Å². The van der Waals surface area contributed by atoms with Gasteiger partial charge in [0, 0.05) is 25.2 Å². The molecule has 248 valence electrons. The number of carbonyl (C=O) groups excluding carboxylic acids is 2. The zero-order valence-electron chi connectivity index (χ0n) is 25.5. The molecule has 47 heavy (non-hydrogen) atoms. The second kappa shape index (κ2) is 13.2. The normalized spacial score (nSPS) is 15.3. The van der Waals surface area contributed by atoms with E-state index in [-0.39, 0.29) is 42.7 Å². The maximum absolute atomic E-state index is 16.2. The summed E-state index contributed by atoms with van der Waals surface area (Å²) in [6, 6.07) is 6.45. The molecule has 1 aliphatic rings. The number of nitrogens with one attached hydrogen (secondary N) is 2. The molecule has 1 saturated heterocycles. The topological polar surface area (TPSA) is 153 Å². The van der Waals surface area contributed by atoms with Gasteiger partial charge in [-0.25, -0.2) is 41.3 Å². The van der Waals surface area contributed by atoms with Crippen LogP contribution in [0.5, 0.6) is 0 Å². The summed E-state index contributed by atoms with van der Waals surface area (Å²) in [6.45, 7) is 6.95. The predicted molar refractivity (Wildman–Crippen MR) is 167 cm³/mol. The first kappa shape index (κ1) is 33.7. The number of benzene rings is 2. The Labute approximate surface area is 272 Å². The molecule has 5 rings (SSSR count). The molecule has 4 aromatic rings. The van der Waals surface area contributed by atoms with Gasteiger partial charge in [-0.1, -0.05) is 6.07 Å². The van der Waals surface area contributed by atoms with Gasteiger partial charge in [-0.15, -0.1) is 11.3 Å². The number of carbonyl (C=O) groups is 2. The van der Waals surface area contributed by atoms with Gasteiger partial charge in [0.1, 0.15) is 33.2 Å². The molecule has 1 atom stereocenters. The maximum Gasteiger partial charge on any atom is 0.411 e. The van der Waals surface area contributed by atoms with Crippen LogP contribution < -0.4 is 10.0 Å². The molecule has 2 amide bonds. The number of rotatable bonds is 7. The smallest absolute Gasteiger partial charge is 0.411 e. The predicted octanol–water partition coefficient (Wildman–Crippen LogP) is 5.75. The number of anilines is 2. The van der Waals surface area contributed by atoms with Gasteiger partial charge in [-0.05, 0) is 57.2 Å². The molecule has 0 saturated carbocycles. The van der Waals surface area contributed by atoms with Crippen LogP contribution in [0.1, 0.15) is 38.7 Å². The lowest BCUT2D eigenvalue weighted by Crippen LogP contribution is -2.45. The molecule has 17 heteroatoms. The lowest BCUT2D eigenvalue weighted by atomic mass is 10.1.